The van der Waals surface area contributed by atoms with Gasteiger partial charge in [0.25, 0.3) is 0 Å². The topological polar surface area (TPSA) is 121 Å². The summed E-state index contributed by atoms with van der Waals surface area (Å²) in [5, 5.41) is 0. The van der Waals surface area contributed by atoms with Crippen molar-refractivity contribution in [3.63, 3.8) is 0 Å². The molecule has 5 rings (SSSR count). The van der Waals surface area contributed by atoms with Gasteiger partial charge in [-0.05, 0) is 51.3 Å². The Labute approximate surface area is 226 Å². The number of carbonyl (C=O) groups excluding carboxylic acids is 1. The molecule has 1 aliphatic heterocycles. The first-order chi connectivity index (χ1) is 18.6. The van der Waals surface area contributed by atoms with Gasteiger partial charge in [0.1, 0.15) is 17.2 Å². The number of carbonyl (C=O) groups is 1. The van der Waals surface area contributed by atoms with E-state index in [1.807, 2.05) is 44.4 Å². The maximum atomic E-state index is 14.1. The largest absolute Gasteiger partial charge is 0.464 e. The lowest BCUT2D eigenvalue weighted by Crippen LogP contribution is -2.35. The third-order valence-electron chi connectivity index (χ3n) is 6.47. The molecule has 10 nitrogen and oxygen atoms in total. The van der Waals surface area contributed by atoms with Crippen molar-refractivity contribution in [3.8, 4) is 17.4 Å². The van der Waals surface area contributed by atoms with Gasteiger partial charge in [0.2, 0.25) is 0 Å². The number of anilines is 1. The number of rotatable bonds is 6. The van der Waals surface area contributed by atoms with Gasteiger partial charge in [-0.15, -0.1) is 0 Å². The van der Waals surface area contributed by atoms with Gasteiger partial charge in [0, 0.05) is 30.8 Å². The van der Waals surface area contributed by atoms with Crippen LogP contribution in [0.15, 0.2) is 42.7 Å². The molecule has 11 heteroatoms. The Bertz CT molecular complexity index is 1500. The van der Waals surface area contributed by atoms with E-state index in [1.165, 1.54) is 6.07 Å². The van der Waals surface area contributed by atoms with Crippen LogP contribution in [0, 0.1) is 5.82 Å². The van der Waals surface area contributed by atoms with Crippen LogP contribution in [0.25, 0.3) is 22.6 Å². The van der Waals surface area contributed by atoms with Crippen LogP contribution >= 0.6 is 0 Å². The quantitative estimate of drug-likeness (QED) is 0.376. The van der Waals surface area contributed by atoms with Crippen molar-refractivity contribution < 1.29 is 18.7 Å². The van der Waals surface area contributed by atoms with Crippen LogP contribution in [0.1, 0.15) is 51.2 Å². The number of halogens is 1. The Morgan fingerprint density at radius 2 is 1.92 bits per heavy atom. The van der Waals surface area contributed by atoms with Crippen LogP contribution in [0.4, 0.5) is 15.0 Å². The molecular weight excluding hydrogens is 501 g/mol. The molecular formula is C28H32FN7O3. The summed E-state index contributed by atoms with van der Waals surface area (Å²) in [6.45, 7) is 9.51. The summed E-state index contributed by atoms with van der Waals surface area (Å²) in [5.74, 6) is 0.413. The molecule has 1 unspecified atom stereocenters. The highest BCUT2D eigenvalue weighted by molar-refractivity contribution is 5.86. The van der Waals surface area contributed by atoms with Gasteiger partial charge in [-0.1, -0.05) is 24.3 Å². The molecule has 3 aromatic heterocycles. The molecule has 204 valence electrons. The van der Waals surface area contributed by atoms with E-state index in [2.05, 4.69) is 32.1 Å². The Morgan fingerprint density at radius 1 is 1.15 bits per heavy atom. The molecule has 1 aliphatic rings. The minimum absolute atomic E-state index is 0.152. The summed E-state index contributed by atoms with van der Waals surface area (Å²) in [6, 6.07) is 9.76. The number of nitrogens with zero attached hydrogens (tertiary/aromatic N) is 6. The van der Waals surface area contributed by atoms with E-state index in [0.717, 1.165) is 23.7 Å². The molecule has 1 aromatic carbocycles. The van der Waals surface area contributed by atoms with Crippen molar-refractivity contribution in [2.24, 2.45) is 0 Å². The number of fused-ring (bicyclic) bond motifs is 1. The molecule has 1 amide bonds. The van der Waals surface area contributed by atoms with Crippen LogP contribution < -0.4 is 10.5 Å². The molecule has 4 heterocycles. The number of imidazole rings is 1. The Kier molecular flexibility index (Phi) is 7.07. The van der Waals surface area contributed by atoms with E-state index in [4.69, 9.17) is 15.2 Å². The smallest absolute Gasteiger partial charge is 0.410 e. The number of hydrogen-bond acceptors (Lipinski definition) is 8. The normalized spacial score (nSPS) is 15.6. The maximum Gasteiger partial charge on any atom is 0.410 e. The molecule has 0 spiro atoms. The van der Waals surface area contributed by atoms with E-state index in [1.54, 1.807) is 11.1 Å². The van der Waals surface area contributed by atoms with Gasteiger partial charge in [0.15, 0.2) is 17.0 Å². The second-order valence-electron chi connectivity index (χ2n) is 10.6. The first kappa shape index (κ1) is 26.3. The van der Waals surface area contributed by atoms with Crippen molar-refractivity contribution >= 4 is 23.1 Å². The third kappa shape index (κ3) is 5.76. The third-order valence-corrected chi connectivity index (χ3v) is 6.47. The number of likely N-dealkylation sites (tertiary alicyclic amines) is 1. The number of nitrogens with two attached hydrogens (primary N) is 1. The number of benzene rings is 1. The summed E-state index contributed by atoms with van der Waals surface area (Å²) in [7, 11) is 0. The van der Waals surface area contributed by atoms with Crippen LogP contribution in [0.5, 0.6) is 6.01 Å². The standard InChI is InChI=1S/C28H32FN7O3/c1-5-38-26-33-23(30)22-25(34-26)36(24(32-22)20-12-21(29)14-31-13-20)15-17-6-8-18(9-7-17)19-10-11-35(16-19)27(37)39-28(2,3)4/h6-9,12-14,19H,5,10-11,15-16H2,1-4H3,(H2,30,33,34). The number of nitrogen functional groups attached to an aromatic ring is 1. The molecule has 1 fully saturated rings. The minimum atomic E-state index is -0.520. The summed E-state index contributed by atoms with van der Waals surface area (Å²) >= 11 is 0. The lowest BCUT2D eigenvalue weighted by atomic mass is 9.97. The van der Waals surface area contributed by atoms with E-state index in [9.17, 15) is 9.18 Å². The average molecular weight is 534 g/mol. The minimum Gasteiger partial charge on any atom is -0.464 e. The fourth-order valence-corrected chi connectivity index (χ4v) is 4.70. The van der Waals surface area contributed by atoms with Gasteiger partial charge in [-0.25, -0.2) is 14.2 Å². The predicted molar refractivity (Wildman–Crippen MR) is 145 cm³/mol. The van der Waals surface area contributed by atoms with E-state index in [-0.39, 0.29) is 23.8 Å². The van der Waals surface area contributed by atoms with E-state index >= 15 is 0 Å². The lowest BCUT2D eigenvalue weighted by Gasteiger charge is -2.24. The summed E-state index contributed by atoms with van der Waals surface area (Å²) in [5.41, 5.74) is 9.20. The fourth-order valence-electron chi connectivity index (χ4n) is 4.70. The van der Waals surface area contributed by atoms with Crippen LogP contribution in [0.3, 0.4) is 0 Å². The molecule has 2 N–H and O–H groups in total. The zero-order valence-electron chi connectivity index (χ0n) is 22.5. The number of ether oxygens (including phenoxy) is 2. The number of hydrogen-bond donors (Lipinski definition) is 1. The molecule has 39 heavy (non-hydrogen) atoms. The zero-order chi connectivity index (χ0) is 27.7. The second-order valence-corrected chi connectivity index (χ2v) is 10.6. The van der Waals surface area contributed by atoms with Crippen LogP contribution in [0.2, 0.25) is 0 Å². The molecule has 0 radical (unpaired) electrons. The van der Waals surface area contributed by atoms with Crippen molar-refractivity contribution in [3.05, 3.63) is 59.7 Å². The first-order valence-electron chi connectivity index (χ1n) is 13.0. The molecule has 0 saturated carbocycles. The van der Waals surface area contributed by atoms with Crippen molar-refractivity contribution in [2.45, 2.75) is 52.2 Å². The number of pyridine rings is 1. The summed E-state index contributed by atoms with van der Waals surface area (Å²) < 4.78 is 27.0. The SMILES string of the molecule is CCOc1nc(N)c2nc(-c3cncc(F)c3)n(Cc3ccc(C4CCN(C(=O)OC(C)(C)C)C4)cc3)c2n1. The average Bonchev–Trinajstić information content (AvgIpc) is 3.50. The zero-order valence-corrected chi connectivity index (χ0v) is 22.5. The Balaban J connectivity index is 1.42. The van der Waals surface area contributed by atoms with E-state index < -0.39 is 11.4 Å². The highest BCUT2D eigenvalue weighted by Crippen LogP contribution is 2.31. The molecule has 0 aliphatic carbocycles. The van der Waals surface area contributed by atoms with Gasteiger partial charge in [-0.2, -0.15) is 9.97 Å². The molecule has 0 bridgehead atoms. The Morgan fingerprint density at radius 3 is 2.62 bits per heavy atom. The lowest BCUT2D eigenvalue weighted by molar-refractivity contribution is 0.0292. The highest BCUT2D eigenvalue weighted by Gasteiger charge is 2.30. The molecule has 1 saturated heterocycles. The van der Waals surface area contributed by atoms with Gasteiger partial charge < -0.3 is 24.7 Å². The second kappa shape index (κ2) is 10.5. The first-order valence-corrected chi connectivity index (χ1v) is 13.0. The van der Waals surface area contributed by atoms with Crippen molar-refractivity contribution in [2.75, 3.05) is 25.4 Å². The van der Waals surface area contributed by atoms with Crippen LogP contribution in [-0.2, 0) is 11.3 Å². The fraction of sp³-hybridized carbons (Fsp3) is 0.393. The highest BCUT2D eigenvalue weighted by atomic mass is 19.1. The number of amides is 1. The summed E-state index contributed by atoms with van der Waals surface area (Å²) in [4.78, 5) is 31.6. The monoisotopic (exact) mass is 533 g/mol. The maximum absolute atomic E-state index is 14.1. The van der Waals surface area contributed by atoms with Crippen molar-refractivity contribution in [1.82, 2.24) is 29.4 Å². The molecule has 1 atom stereocenters. The van der Waals surface area contributed by atoms with Crippen molar-refractivity contribution in [1.29, 1.82) is 0 Å². The Hall–Kier alpha value is -4.28. The van der Waals surface area contributed by atoms with E-state index in [0.29, 0.717) is 48.8 Å². The van der Waals surface area contributed by atoms with Gasteiger partial charge >= 0.3 is 12.1 Å². The predicted octanol–water partition coefficient (Wildman–Crippen LogP) is 4.78. The van der Waals surface area contributed by atoms with Crippen LogP contribution in [-0.4, -0.2) is 60.8 Å². The summed E-state index contributed by atoms with van der Waals surface area (Å²) in [6.07, 6.45) is 3.29. The molecule has 4 aromatic rings. The van der Waals surface area contributed by atoms with Gasteiger partial charge in [0.05, 0.1) is 19.3 Å². The number of aromatic nitrogens is 5. The van der Waals surface area contributed by atoms with Gasteiger partial charge in [-0.3, -0.25) is 4.98 Å².